The van der Waals surface area contributed by atoms with Crippen LogP contribution in [0.2, 0.25) is 5.02 Å². The Balaban J connectivity index is 1.39. The largest absolute Gasteiger partial charge is 0.479 e. The molecule has 2 N–H and O–H groups in total. The normalized spacial score (nSPS) is 12.1. The zero-order valence-corrected chi connectivity index (χ0v) is 20.9. The van der Waals surface area contributed by atoms with E-state index in [4.69, 9.17) is 16.3 Å². The lowest BCUT2D eigenvalue weighted by Crippen LogP contribution is -2.26. The van der Waals surface area contributed by atoms with E-state index in [1.165, 1.54) is 0 Å². The molecule has 6 heteroatoms. The third-order valence-corrected chi connectivity index (χ3v) is 6.01. The molecule has 1 unspecified atom stereocenters. The molecule has 1 aromatic heterocycles. The van der Waals surface area contributed by atoms with Gasteiger partial charge >= 0.3 is 5.97 Å². The van der Waals surface area contributed by atoms with Gasteiger partial charge < -0.3 is 15.2 Å². The number of carboxylic acids is 1. The van der Waals surface area contributed by atoms with Gasteiger partial charge in [-0.25, -0.2) is 9.78 Å². The number of fused-ring (bicyclic) bond motifs is 1. The van der Waals surface area contributed by atoms with Crippen molar-refractivity contribution >= 4 is 46.3 Å². The van der Waals surface area contributed by atoms with Crippen LogP contribution in [0.25, 0.3) is 23.1 Å². The number of aromatic nitrogens is 1. The highest BCUT2D eigenvalue weighted by Gasteiger charge is 2.18. The van der Waals surface area contributed by atoms with Gasteiger partial charge in [0.1, 0.15) is 5.75 Å². The average molecular weight is 501 g/mol. The van der Waals surface area contributed by atoms with Crippen molar-refractivity contribution in [2.75, 3.05) is 5.32 Å². The van der Waals surface area contributed by atoms with Crippen LogP contribution in [0.1, 0.15) is 43.0 Å². The number of rotatable bonds is 11. The molecule has 0 saturated heterocycles. The summed E-state index contributed by atoms with van der Waals surface area (Å²) >= 11 is 6.10. The van der Waals surface area contributed by atoms with Crippen LogP contribution >= 0.6 is 11.6 Å². The smallest absolute Gasteiger partial charge is 0.344 e. The number of unbranched alkanes of at least 4 members (excludes halogenated alkanes) is 1. The zero-order chi connectivity index (χ0) is 25.3. The van der Waals surface area contributed by atoms with E-state index in [2.05, 4.69) is 16.4 Å². The lowest BCUT2D eigenvalue weighted by atomic mass is 10.1. The first-order valence-corrected chi connectivity index (χ1v) is 12.4. The fraction of sp³-hybridized carbons (Fsp3) is 0.200. The van der Waals surface area contributed by atoms with Gasteiger partial charge in [0.05, 0.1) is 11.2 Å². The van der Waals surface area contributed by atoms with Crippen molar-refractivity contribution in [2.24, 2.45) is 0 Å². The fourth-order valence-corrected chi connectivity index (χ4v) is 4.02. The maximum Gasteiger partial charge on any atom is 0.344 e. The SMILES string of the molecule is CCCCC(Oc1cccc(CNc2cccc(C=Cc3ccc4ccc(Cl)cc4n3)c2)c1)C(=O)O. The Bertz CT molecular complexity index is 1370. The van der Waals surface area contributed by atoms with E-state index >= 15 is 0 Å². The molecule has 0 bridgehead atoms. The Morgan fingerprint density at radius 3 is 2.72 bits per heavy atom. The van der Waals surface area contributed by atoms with Crippen molar-refractivity contribution in [1.29, 1.82) is 0 Å². The number of hydrogen-bond acceptors (Lipinski definition) is 4. The van der Waals surface area contributed by atoms with Crippen LogP contribution in [0, 0.1) is 0 Å². The number of benzene rings is 3. The number of carboxylic acid groups (broad SMARTS) is 1. The van der Waals surface area contributed by atoms with Crippen LogP contribution in [0.15, 0.2) is 78.9 Å². The number of anilines is 1. The van der Waals surface area contributed by atoms with E-state index in [0.717, 1.165) is 46.3 Å². The molecule has 4 aromatic rings. The number of aliphatic carboxylic acids is 1. The number of nitrogens with zero attached hydrogens (tertiary/aromatic N) is 1. The van der Waals surface area contributed by atoms with Crippen molar-refractivity contribution in [2.45, 2.75) is 38.8 Å². The van der Waals surface area contributed by atoms with Gasteiger partial charge in [-0.15, -0.1) is 0 Å². The molecule has 184 valence electrons. The highest BCUT2D eigenvalue weighted by molar-refractivity contribution is 6.31. The Kier molecular flexibility index (Phi) is 8.58. The lowest BCUT2D eigenvalue weighted by Gasteiger charge is -2.15. The van der Waals surface area contributed by atoms with Crippen LogP contribution in [0.4, 0.5) is 5.69 Å². The van der Waals surface area contributed by atoms with Crippen molar-refractivity contribution in [3.63, 3.8) is 0 Å². The maximum absolute atomic E-state index is 11.5. The molecule has 0 fully saturated rings. The van der Waals surface area contributed by atoms with Gasteiger partial charge in [-0.2, -0.15) is 0 Å². The second-order valence-electron chi connectivity index (χ2n) is 8.62. The molecule has 36 heavy (non-hydrogen) atoms. The van der Waals surface area contributed by atoms with Crippen LogP contribution in [-0.2, 0) is 11.3 Å². The van der Waals surface area contributed by atoms with Crippen molar-refractivity contribution < 1.29 is 14.6 Å². The zero-order valence-electron chi connectivity index (χ0n) is 20.2. The summed E-state index contributed by atoms with van der Waals surface area (Å²) < 4.78 is 5.75. The lowest BCUT2D eigenvalue weighted by molar-refractivity contribution is -0.145. The first-order valence-electron chi connectivity index (χ1n) is 12.1. The van der Waals surface area contributed by atoms with Crippen molar-refractivity contribution in [3.8, 4) is 5.75 Å². The monoisotopic (exact) mass is 500 g/mol. The van der Waals surface area contributed by atoms with E-state index in [1.54, 1.807) is 6.07 Å². The van der Waals surface area contributed by atoms with Crippen LogP contribution < -0.4 is 10.1 Å². The molecule has 0 saturated carbocycles. The van der Waals surface area contributed by atoms with Crippen LogP contribution in [0.3, 0.4) is 0 Å². The second-order valence-corrected chi connectivity index (χ2v) is 9.06. The summed E-state index contributed by atoms with van der Waals surface area (Å²) in [6, 6.07) is 25.4. The fourth-order valence-electron chi connectivity index (χ4n) is 3.85. The number of carbonyl (C=O) groups is 1. The molecule has 0 amide bonds. The summed E-state index contributed by atoms with van der Waals surface area (Å²) in [5.74, 6) is -0.363. The Morgan fingerprint density at radius 1 is 1.06 bits per heavy atom. The molecular formula is C30H29ClN2O3. The summed E-state index contributed by atoms with van der Waals surface area (Å²) in [5.41, 5.74) is 4.76. The Morgan fingerprint density at radius 2 is 1.89 bits per heavy atom. The van der Waals surface area contributed by atoms with Gasteiger partial charge in [-0.05, 0) is 72.5 Å². The van der Waals surface area contributed by atoms with Crippen LogP contribution in [-0.4, -0.2) is 22.2 Å². The van der Waals surface area contributed by atoms with Gasteiger partial charge in [0.15, 0.2) is 6.10 Å². The number of halogens is 1. The van der Waals surface area contributed by atoms with Gasteiger partial charge in [-0.1, -0.05) is 67.4 Å². The minimum Gasteiger partial charge on any atom is -0.479 e. The summed E-state index contributed by atoms with van der Waals surface area (Å²) in [6.45, 7) is 2.62. The Labute approximate surface area is 216 Å². The van der Waals surface area contributed by atoms with E-state index < -0.39 is 12.1 Å². The number of hydrogen-bond donors (Lipinski definition) is 2. The van der Waals surface area contributed by atoms with Gasteiger partial charge in [0.2, 0.25) is 0 Å². The molecule has 0 aliphatic rings. The number of nitrogens with one attached hydrogen (secondary N) is 1. The first kappa shape index (κ1) is 25.3. The molecule has 5 nitrogen and oxygen atoms in total. The summed E-state index contributed by atoms with van der Waals surface area (Å²) in [4.78, 5) is 16.2. The molecule has 4 rings (SSSR count). The highest BCUT2D eigenvalue weighted by Crippen LogP contribution is 2.21. The quantitative estimate of drug-likeness (QED) is 0.221. The molecule has 3 aromatic carbocycles. The van der Waals surface area contributed by atoms with E-state index in [0.29, 0.717) is 23.7 Å². The number of ether oxygens (including phenoxy) is 1. The molecule has 0 spiro atoms. The summed E-state index contributed by atoms with van der Waals surface area (Å²) in [7, 11) is 0. The third-order valence-electron chi connectivity index (χ3n) is 5.78. The molecule has 1 heterocycles. The molecule has 0 aliphatic carbocycles. The van der Waals surface area contributed by atoms with Gasteiger partial charge in [0, 0.05) is 22.6 Å². The predicted octanol–water partition coefficient (Wildman–Crippen LogP) is 7.69. The van der Waals surface area contributed by atoms with Crippen LogP contribution in [0.5, 0.6) is 5.75 Å². The maximum atomic E-state index is 11.5. The first-order chi connectivity index (χ1) is 17.5. The highest BCUT2D eigenvalue weighted by atomic mass is 35.5. The molecule has 0 aliphatic heterocycles. The van der Waals surface area contributed by atoms with Crippen molar-refractivity contribution in [1.82, 2.24) is 4.98 Å². The minimum atomic E-state index is -0.931. The minimum absolute atomic E-state index is 0.497. The Hall–Kier alpha value is -3.83. The van der Waals surface area contributed by atoms with E-state index in [1.807, 2.05) is 85.8 Å². The molecular weight excluding hydrogens is 472 g/mol. The average Bonchev–Trinajstić information content (AvgIpc) is 2.88. The van der Waals surface area contributed by atoms with E-state index in [9.17, 15) is 9.90 Å². The molecule has 0 radical (unpaired) electrons. The van der Waals surface area contributed by atoms with Crippen molar-refractivity contribution in [3.05, 3.63) is 101 Å². The molecule has 1 atom stereocenters. The predicted molar refractivity (Wildman–Crippen MR) is 147 cm³/mol. The second kappa shape index (κ2) is 12.2. The summed E-state index contributed by atoms with van der Waals surface area (Å²) in [5, 5.41) is 14.6. The topological polar surface area (TPSA) is 71.5 Å². The van der Waals surface area contributed by atoms with Gasteiger partial charge in [-0.3, -0.25) is 0 Å². The third kappa shape index (κ3) is 7.09. The van der Waals surface area contributed by atoms with Gasteiger partial charge in [0.25, 0.3) is 0 Å². The van der Waals surface area contributed by atoms with E-state index in [-0.39, 0.29) is 0 Å². The standard InChI is InChI=1S/C30H29ClN2O3/c1-2-3-10-29(30(34)35)36-27-9-5-7-22(18-27)20-32-26-8-4-6-21(17-26)11-15-25-16-13-23-12-14-24(31)19-28(23)33-25/h4-9,11-19,29,32H,2-3,10,20H2,1H3,(H,34,35). The summed E-state index contributed by atoms with van der Waals surface area (Å²) in [6.07, 6.45) is 5.42. The number of pyridine rings is 1.